The van der Waals surface area contributed by atoms with Gasteiger partial charge in [0.15, 0.2) is 0 Å². The molecule has 1 aromatic heterocycles. The van der Waals surface area contributed by atoms with Gasteiger partial charge in [0.2, 0.25) is 0 Å². The number of halogens is 1. The summed E-state index contributed by atoms with van der Waals surface area (Å²) in [5, 5.41) is 16.0. The highest BCUT2D eigenvalue weighted by Gasteiger charge is 2.30. The van der Waals surface area contributed by atoms with Crippen LogP contribution in [0.25, 0.3) is 0 Å². The van der Waals surface area contributed by atoms with Crippen LogP contribution in [-0.2, 0) is 11.3 Å². The number of aromatic nitrogens is 2. The van der Waals surface area contributed by atoms with Crippen molar-refractivity contribution in [3.8, 4) is 0 Å². The van der Waals surface area contributed by atoms with Crippen molar-refractivity contribution in [1.29, 1.82) is 0 Å². The average molecular weight is 274 g/mol. The Balaban J connectivity index is 2.24. The van der Waals surface area contributed by atoms with Gasteiger partial charge in [0, 0.05) is 6.61 Å². The van der Waals surface area contributed by atoms with Gasteiger partial charge >= 0.3 is 0 Å². The first-order chi connectivity index (χ1) is 8.56. The van der Waals surface area contributed by atoms with Crippen LogP contribution >= 0.6 is 11.6 Å². The van der Waals surface area contributed by atoms with Crippen LogP contribution < -0.4 is 10.9 Å². The standard InChI is InChI=1S/C11H16ClN3O3/c1-11(2-5-18-7-11)14-8-6-13-15(3-4-16)10(17)9(8)12/h6,14,16H,2-5,7H2,1H3. The molecule has 0 bridgehead atoms. The van der Waals surface area contributed by atoms with Crippen LogP contribution in [0.2, 0.25) is 5.02 Å². The molecule has 0 aliphatic carbocycles. The van der Waals surface area contributed by atoms with E-state index in [0.29, 0.717) is 18.9 Å². The van der Waals surface area contributed by atoms with E-state index in [-0.39, 0.29) is 23.7 Å². The van der Waals surface area contributed by atoms with Crippen LogP contribution in [-0.4, -0.2) is 40.2 Å². The third kappa shape index (κ3) is 2.66. The lowest BCUT2D eigenvalue weighted by Gasteiger charge is -2.25. The molecule has 1 unspecified atom stereocenters. The van der Waals surface area contributed by atoms with Crippen LogP contribution in [0.15, 0.2) is 11.0 Å². The number of rotatable bonds is 4. The normalized spacial score (nSPS) is 23.3. The van der Waals surface area contributed by atoms with E-state index in [4.69, 9.17) is 21.4 Å². The monoisotopic (exact) mass is 273 g/mol. The second-order valence-electron chi connectivity index (χ2n) is 4.61. The fraction of sp³-hybridized carbons (Fsp3) is 0.636. The van der Waals surface area contributed by atoms with E-state index in [1.54, 1.807) is 0 Å². The van der Waals surface area contributed by atoms with E-state index >= 15 is 0 Å². The van der Waals surface area contributed by atoms with Gasteiger partial charge in [-0.1, -0.05) is 11.6 Å². The lowest BCUT2D eigenvalue weighted by atomic mass is 10.0. The molecule has 1 atom stereocenters. The highest BCUT2D eigenvalue weighted by molar-refractivity contribution is 6.32. The van der Waals surface area contributed by atoms with Gasteiger partial charge in [-0.3, -0.25) is 4.79 Å². The molecule has 0 spiro atoms. The van der Waals surface area contributed by atoms with Crippen molar-refractivity contribution >= 4 is 17.3 Å². The smallest absolute Gasteiger partial charge is 0.287 e. The summed E-state index contributed by atoms with van der Waals surface area (Å²) in [7, 11) is 0. The van der Waals surface area contributed by atoms with Crippen LogP contribution in [0.5, 0.6) is 0 Å². The highest BCUT2D eigenvalue weighted by atomic mass is 35.5. The van der Waals surface area contributed by atoms with Crippen molar-refractivity contribution in [1.82, 2.24) is 9.78 Å². The SMILES string of the molecule is CC1(Nc2cnn(CCO)c(=O)c2Cl)CCOC1. The number of anilines is 1. The summed E-state index contributed by atoms with van der Waals surface area (Å²) in [6.07, 6.45) is 2.35. The van der Waals surface area contributed by atoms with Gasteiger partial charge in [0.25, 0.3) is 5.56 Å². The lowest BCUT2D eigenvalue weighted by Crippen LogP contribution is -2.36. The van der Waals surface area contributed by atoms with Gasteiger partial charge in [-0.2, -0.15) is 5.10 Å². The van der Waals surface area contributed by atoms with Crippen molar-refractivity contribution in [2.24, 2.45) is 0 Å². The van der Waals surface area contributed by atoms with Gasteiger partial charge in [0.1, 0.15) is 5.02 Å². The predicted molar refractivity (Wildman–Crippen MR) is 68.1 cm³/mol. The highest BCUT2D eigenvalue weighted by Crippen LogP contribution is 2.26. The first kappa shape index (κ1) is 13.3. The first-order valence-corrected chi connectivity index (χ1v) is 6.16. The second kappa shape index (κ2) is 5.26. The number of hydrogen-bond donors (Lipinski definition) is 2. The van der Waals surface area contributed by atoms with E-state index in [1.807, 2.05) is 6.92 Å². The summed E-state index contributed by atoms with van der Waals surface area (Å²) < 4.78 is 6.46. The average Bonchev–Trinajstić information content (AvgIpc) is 2.76. The Morgan fingerprint density at radius 3 is 3.11 bits per heavy atom. The third-order valence-electron chi connectivity index (χ3n) is 2.95. The minimum atomic E-state index is -0.404. The maximum atomic E-state index is 11.8. The van der Waals surface area contributed by atoms with Crippen LogP contribution in [0.1, 0.15) is 13.3 Å². The molecule has 7 heteroatoms. The zero-order chi connectivity index (χ0) is 13.2. The number of aliphatic hydroxyl groups is 1. The summed E-state index contributed by atoms with van der Waals surface area (Å²) in [4.78, 5) is 11.8. The van der Waals surface area contributed by atoms with Crippen molar-refractivity contribution in [3.05, 3.63) is 21.6 Å². The fourth-order valence-electron chi connectivity index (χ4n) is 1.90. The molecule has 6 nitrogen and oxygen atoms in total. The lowest BCUT2D eigenvalue weighted by molar-refractivity contribution is 0.185. The van der Waals surface area contributed by atoms with E-state index in [2.05, 4.69) is 10.4 Å². The van der Waals surface area contributed by atoms with Crippen molar-refractivity contribution < 1.29 is 9.84 Å². The Bertz CT molecular complexity index is 483. The molecule has 0 amide bonds. The molecule has 18 heavy (non-hydrogen) atoms. The molecule has 1 saturated heterocycles. The molecule has 0 saturated carbocycles. The molecular weight excluding hydrogens is 258 g/mol. The largest absolute Gasteiger partial charge is 0.394 e. The number of aliphatic hydroxyl groups excluding tert-OH is 1. The van der Waals surface area contributed by atoms with Crippen LogP contribution in [0.3, 0.4) is 0 Å². The number of ether oxygens (including phenoxy) is 1. The van der Waals surface area contributed by atoms with Crippen molar-refractivity contribution in [2.45, 2.75) is 25.4 Å². The molecule has 2 rings (SSSR count). The van der Waals surface area contributed by atoms with Gasteiger partial charge in [-0.25, -0.2) is 4.68 Å². The van der Waals surface area contributed by atoms with Crippen molar-refractivity contribution in [2.75, 3.05) is 25.1 Å². The van der Waals surface area contributed by atoms with Crippen molar-refractivity contribution in [3.63, 3.8) is 0 Å². The van der Waals surface area contributed by atoms with E-state index in [1.165, 1.54) is 6.20 Å². The number of nitrogens with zero attached hydrogens (tertiary/aromatic N) is 2. The summed E-state index contributed by atoms with van der Waals surface area (Å²) in [6, 6.07) is 0. The topological polar surface area (TPSA) is 76.4 Å². The van der Waals surface area contributed by atoms with E-state index in [9.17, 15) is 4.79 Å². The van der Waals surface area contributed by atoms with Gasteiger partial charge in [-0.15, -0.1) is 0 Å². The molecule has 1 fully saturated rings. The molecule has 1 aromatic rings. The molecule has 0 radical (unpaired) electrons. The first-order valence-electron chi connectivity index (χ1n) is 5.78. The Hall–Kier alpha value is -1.11. The zero-order valence-electron chi connectivity index (χ0n) is 10.1. The maximum Gasteiger partial charge on any atom is 0.287 e. The molecule has 100 valence electrons. The molecule has 2 N–H and O–H groups in total. The number of nitrogens with one attached hydrogen (secondary N) is 1. The molecule has 0 aromatic carbocycles. The summed E-state index contributed by atoms with van der Waals surface area (Å²) in [5.74, 6) is 0. The third-order valence-corrected chi connectivity index (χ3v) is 3.32. The predicted octanol–water partition coefficient (Wildman–Crippen LogP) is 0.480. The minimum absolute atomic E-state index is 0.0894. The Morgan fingerprint density at radius 2 is 2.50 bits per heavy atom. The second-order valence-corrected chi connectivity index (χ2v) is 4.99. The molecule has 2 heterocycles. The van der Waals surface area contributed by atoms with E-state index in [0.717, 1.165) is 11.1 Å². The van der Waals surface area contributed by atoms with Gasteiger partial charge in [0.05, 0.1) is 37.2 Å². The zero-order valence-corrected chi connectivity index (χ0v) is 10.9. The summed E-state index contributed by atoms with van der Waals surface area (Å²) >= 11 is 6.02. The number of hydrogen-bond acceptors (Lipinski definition) is 5. The van der Waals surface area contributed by atoms with Gasteiger partial charge in [-0.05, 0) is 13.3 Å². The Morgan fingerprint density at radius 1 is 1.72 bits per heavy atom. The Labute approximate surface area is 110 Å². The summed E-state index contributed by atoms with van der Waals surface area (Å²) in [6.45, 7) is 3.26. The van der Waals surface area contributed by atoms with E-state index < -0.39 is 5.56 Å². The minimum Gasteiger partial charge on any atom is -0.394 e. The summed E-state index contributed by atoms with van der Waals surface area (Å²) in [5.41, 5.74) is -0.122. The fourth-order valence-corrected chi connectivity index (χ4v) is 2.09. The molecular formula is C11H16ClN3O3. The van der Waals surface area contributed by atoms with Crippen LogP contribution in [0.4, 0.5) is 5.69 Å². The van der Waals surface area contributed by atoms with Crippen LogP contribution in [0, 0.1) is 0 Å². The Kier molecular flexibility index (Phi) is 3.89. The molecule has 1 aliphatic heterocycles. The maximum absolute atomic E-state index is 11.8. The quantitative estimate of drug-likeness (QED) is 0.834. The molecule has 1 aliphatic rings. The van der Waals surface area contributed by atoms with Gasteiger partial charge < -0.3 is 15.2 Å².